The second kappa shape index (κ2) is 5.28. The van der Waals surface area contributed by atoms with Crippen molar-refractivity contribution < 1.29 is 28.2 Å². The third-order valence-corrected chi connectivity index (χ3v) is 5.71. The van der Waals surface area contributed by atoms with E-state index in [0.717, 1.165) is 10.4 Å². The molecule has 2 N–H and O–H groups in total. The normalized spacial score (nSPS) is 19.0. The van der Waals surface area contributed by atoms with Gasteiger partial charge in [0.15, 0.2) is 0 Å². The van der Waals surface area contributed by atoms with Gasteiger partial charge < -0.3 is 10.2 Å². The summed E-state index contributed by atoms with van der Waals surface area (Å²) in [6, 6.07) is 1.07. The lowest BCUT2D eigenvalue weighted by Gasteiger charge is -2.36. The lowest BCUT2D eigenvalue weighted by Crippen LogP contribution is -2.54. The Morgan fingerprint density at radius 3 is 2.38 bits per heavy atom. The Morgan fingerprint density at radius 1 is 1.33 bits per heavy atom. The summed E-state index contributed by atoms with van der Waals surface area (Å²) in [7, 11) is -4.06. The number of sulfonamides is 1. The molecule has 1 aliphatic rings. The molecular weight excluding hydrogens is 322 g/mol. The highest BCUT2D eigenvalue weighted by atomic mass is 35.5. The molecule has 0 saturated carbocycles. The minimum Gasteiger partial charge on any atom is -0.480 e. The Morgan fingerprint density at radius 2 is 1.95 bits per heavy atom. The van der Waals surface area contributed by atoms with Crippen molar-refractivity contribution in [3.63, 3.8) is 0 Å². The second-order valence-electron chi connectivity index (χ2n) is 4.67. The van der Waals surface area contributed by atoms with Crippen molar-refractivity contribution >= 4 is 33.6 Å². The van der Waals surface area contributed by atoms with E-state index in [1.165, 1.54) is 13.0 Å². The van der Waals surface area contributed by atoms with Gasteiger partial charge in [0.05, 0.1) is 15.5 Å². The average molecular weight is 334 g/mol. The average Bonchev–Trinajstić information content (AvgIpc) is 2.28. The molecule has 1 saturated heterocycles. The molecule has 7 nitrogen and oxygen atoms in total. The number of carboxylic acids is 2. The van der Waals surface area contributed by atoms with E-state index in [2.05, 4.69) is 0 Å². The first-order valence-electron chi connectivity index (χ1n) is 5.94. The summed E-state index contributed by atoms with van der Waals surface area (Å²) >= 11 is 5.83. The quantitative estimate of drug-likeness (QED) is 0.856. The van der Waals surface area contributed by atoms with Gasteiger partial charge in [-0.2, -0.15) is 4.31 Å². The number of carbonyl (C=O) groups is 2. The van der Waals surface area contributed by atoms with E-state index < -0.39 is 28.0 Å². The van der Waals surface area contributed by atoms with Gasteiger partial charge >= 0.3 is 11.9 Å². The second-order valence-corrected chi connectivity index (χ2v) is 6.93. The summed E-state index contributed by atoms with van der Waals surface area (Å²) in [5, 5.41) is 17.9. The van der Waals surface area contributed by atoms with Crippen molar-refractivity contribution in [3.05, 3.63) is 28.3 Å². The summed E-state index contributed by atoms with van der Waals surface area (Å²) in [5.41, 5.74) is -0.0369. The Bertz CT molecular complexity index is 730. The van der Waals surface area contributed by atoms with E-state index >= 15 is 0 Å². The lowest BCUT2D eigenvalue weighted by atomic mass is 10.1. The molecule has 0 bridgehead atoms. The third kappa shape index (κ3) is 2.61. The Kier molecular flexibility index (Phi) is 3.96. The minimum absolute atomic E-state index is 0.0418. The van der Waals surface area contributed by atoms with Gasteiger partial charge in [0.25, 0.3) is 0 Å². The number of aliphatic carboxylic acids is 1. The number of aryl methyl sites for hydroxylation is 1. The fourth-order valence-corrected chi connectivity index (χ4v) is 4.00. The number of aromatic carboxylic acids is 1. The predicted molar refractivity (Wildman–Crippen MR) is 73.1 cm³/mol. The molecule has 0 radical (unpaired) electrons. The monoisotopic (exact) mass is 333 g/mol. The Labute approximate surface area is 125 Å². The first kappa shape index (κ1) is 15.7. The standard InChI is InChI=1S/C12H12ClNO6S/c1-6-4-7(5-8(10(6)13)11(15)16)21(19,20)14-3-2-9(14)12(17)18/h4-5,9H,2-3H2,1H3,(H,15,16)(H,17,18)/t9-/m0/s1. The third-order valence-electron chi connectivity index (χ3n) is 3.32. The van der Waals surface area contributed by atoms with Crippen molar-refractivity contribution in [3.8, 4) is 0 Å². The van der Waals surface area contributed by atoms with E-state index in [4.69, 9.17) is 21.8 Å². The van der Waals surface area contributed by atoms with Gasteiger partial charge in [-0.3, -0.25) is 4.79 Å². The molecule has 114 valence electrons. The Hall–Kier alpha value is -1.64. The van der Waals surface area contributed by atoms with Crippen LogP contribution in [0, 0.1) is 6.92 Å². The van der Waals surface area contributed by atoms with Gasteiger partial charge in [-0.05, 0) is 31.0 Å². The highest BCUT2D eigenvalue weighted by Gasteiger charge is 2.43. The van der Waals surface area contributed by atoms with Crippen LogP contribution < -0.4 is 0 Å². The van der Waals surface area contributed by atoms with Crippen LogP contribution in [0.5, 0.6) is 0 Å². The van der Waals surface area contributed by atoms with E-state index in [-0.39, 0.29) is 28.4 Å². The van der Waals surface area contributed by atoms with Gasteiger partial charge in [0.2, 0.25) is 10.0 Å². The number of benzene rings is 1. The molecular formula is C12H12ClNO6S. The van der Waals surface area contributed by atoms with Gasteiger partial charge in [-0.15, -0.1) is 0 Å². The van der Waals surface area contributed by atoms with Crippen LogP contribution in [-0.2, 0) is 14.8 Å². The highest BCUT2D eigenvalue weighted by molar-refractivity contribution is 7.89. The smallest absolute Gasteiger partial charge is 0.337 e. The van der Waals surface area contributed by atoms with Crippen LogP contribution >= 0.6 is 11.6 Å². The van der Waals surface area contributed by atoms with Crippen LogP contribution in [-0.4, -0.2) is 47.5 Å². The first-order chi connectivity index (χ1) is 9.66. The summed E-state index contributed by atoms with van der Waals surface area (Å²) in [6.07, 6.45) is 0.229. The molecule has 0 unspecified atom stereocenters. The minimum atomic E-state index is -4.06. The molecule has 0 aliphatic carbocycles. The van der Waals surface area contributed by atoms with Crippen molar-refractivity contribution in [2.75, 3.05) is 6.54 Å². The van der Waals surface area contributed by atoms with E-state index in [1.54, 1.807) is 0 Å². The molecule has 1 heterocycles. The maximum Gasteiger partial charge on any atom is 0.337 e. The summed E-state index contributed by atoms with van der Waals surface area (Å²) in [6.45, 7) is 1.57. The zero-order chi connectivity index (χ0) is 15.9. The maximum absolute atomic E-state index is 12.4. The summed E-state index contributed by atoms with van der Waals surface area (Å²) < 4.78 is 25.6. The van der Waals surface area contributed by atoms with Crippen LogP contribution in [0.25, 0.3) is 0 Å². The number of halogens is 1. The first-order valence-corrected chi connectivity index (χ1v) is 7.76. The molecule has 21 heavy (non-hydrogen) atoms. The van der Waals surface area contributed by atoms with E-state index in [0.29, 0.717) is 5.56 Å². The van der Waals surface area contributed by atoms with Gasteiger partial charge in [-0.25, -0.2) is 13.2 Å². The van der Waals surface area contributed by atoms with Crippen LogP contribution in [0.2, 0.25) is 5.02 Å². The number of carboxylic acid groups (broad SMARTS) is 2. The van der Waals surface area contributed by atoms with Crippen LogP contribution in [0.3, 0.4) is 0 Å². The van der Waals surface area contributed by atoms with Crippen molar-refractivity contribution in [2.24, 2.45) is 0 Å². The summed E-state index contributed by atoms with van der Waals surface area (Å²) in [4.78, 5) is 21.8. The largest absolute Gasteiger partial charge is 0.480 e. The van der Waals surface area contributed by atoms with Crippen molar-refractivity contribution in [1.29, 1.82) is 0 Å². The zero-order valence-electron chi connectivity index (χ0n) is 10.9. The highest BCUT2D eigenvalue weighted by Crippen LogP contribution is 2.31. The molecule has 1 aromatic rings. The molecule has 0 aromatic heterocycles. The Balaban J connectivity index is 2.51. The fraction of sp³-hybridized carbons (Fsp3) is 0.333. The molecule has 0 spiro atoms. The van der Waals surface area contributed by atoms with Crippen molar-refractivity contribution in [1.82, 2.24) is 4.31 Å². The SMILES string of the molecule is Cc1cc(S(=O)(=O)N2CC[C@H]2C(=O)O)cc(C(=O)O)c1Cl. The number of hydrogen-bond acceptors (Lipinski definition) is 4. The molecule has 2 rings (SSSR count). The van der Waals surface area contributed by atoms with Crippen molar-refractivity contribution in [2.45, 2.75) is 24.3 Å². The van der Waals surface area contributed by atoms with Gasteiger partial charge in [0.1, 0.15) is 6.04 Å². The van der Waals surface area contributed by atoms with Gasteiger partial charge in [0, 0.05) is 6.54 Å². The predicted octanol–water partition coefficient (Wildman–Crippen LogP) is 1.19. The summed E-state index contributed by atoms with van der Waals surface area (Å²) in [5.74, 6) is -2.58. The topological polar surface area (TPSA) is 112 Å². The van der Waals surface area contributed by atoms with Crippen LogP contribution in [0.4, 0.5) is 0 Å². The van der Waals surface area contributed by atoms with Crippen LogP contribution in [0.15, 0.2) is 17.0 Å². The lowest BCUT2D eigenvalue weighted by molar-refractivity contribution is -0.144. The molecule has 1 atom stereocenters. The number of hydrogen-bond donors (Lipinski definition) is 2. The maximum atomic E-state index is 12.4. The molecule has 0 amide bonds. The van der Waals surface area contributed by atoms with E-state index in [1.807, 2.05) is 0 Å². The van der Waals surface area contributed by atoms with Gasteiger partial charge in [-0.1, -0.05) is 11.6 Å². The fourth-order valence-electron chi connectivity index (χ4n) is 2.07. The van der Waals surface area contributed by atoms with Crippen LogP contribution in [0.1, 0.15) is 22.3 Å². The molecule has 1 fully saturated rings. The zero-order valence-corrected chi connectivity index (χ0v) is 12.5. The van der Waals surface area contributed by atoms with E-state index in [9.17, 15) is 18.0 Å². The molecule has 9 heteroatoms. The number of nitrogens with zero attached hydrogens (tertiary/aromatic N) is 1. The molecule has 1 aliphatic heterocycles. The number of rotatable bonds is 4. The molecule has 1 aromatic carbocycles.